The third kappa shape index (κ3) is 6.46. The molecular formula is C32H38ClF2N4O4+. The summed E-state index contributed by atoms with van der Waals surface area (Å²) in [4.78, 5) is 40.9. The van der Waals surface area contributed by atoms with Gasteiger partial charge >= 0.3 is 11.9 Å². The van der Waals surface area contributed by atoms with Crippen LogP contribution in [0.4, 0.5) is 14.5 Å². The molecule has 3 heterocycles. The molecule has 2 aromatic carbocycles. The van der Waals surface area contributed by atoms with E-state index in [0.717, 1.165) is 17.0 Å². The van der Waals surface area contributed by atoms with Gasteiger partial charge in [-0.15, -0.1) is 0 Å². The smallest absolute Gasteiger partial charge is 0.320 e. The SMILES string of the molecule is CCOC(=O)C1CCN(CC[N+]2(C(=O)Cc3cc(Cl)c(NC(=O)c4cn(C)c5ccccc45)cc3F)CCCC2F)CC1. The fraction of sp³-hybridized carbons (Fsp3) is 0.469. The summed E-state index contributed by atoms with van der Waals surface area (Å²) in [6.07, 6.45) is 2.21. The first-order valence-corrected chi connectivity index (χ1v) is 15.3. The van der Waals surface area contributed by atoms with Gasteiger partial charge in [-0.1, -0.05) is 29.8 Å². The molecule has 0 spiro atoms. The fourth-order valence-corrected chi connectivity index (χ4v) is 6.64. The van der Waals surface area contributed by atoms with E-state index in [1.165, 1.54) is 6.07 Å². The van der Waals surface area contributed by atoms with Gasteiger partial charge < -0.3 is 14.6 Å². The predicted octanol–water partition coefficient (Wildman–Crippen LogP) is 5.47. The summed E-state index contributed by atoms with van der Waals surface area (Å²) in [6.45, 7) is 4.62. The minimum Gasteiger partial charge on any atom is -0.466 e. The lowest BCUT2D eigenvalue weighted by atomic mass is 9.97. The molecule has 2 aliphatic rings. The van der Waals surface area contributed by atoms with Crippen LogP contribution in [0.3, 0.4) is 0 Å². The first-order valence-electron chi connectivity index (χ1n) is 14.9. The molecule has 43 heavy (non-hydrogen) atoms. The van der Waals surface area contributed by atoms with Crippen molar-refractivity contribution in [2.24, 2.45) is 13.0 Å². The molecule has 0 bridgehead atoms. The van der Waals surface area contributed by atoms with E-state index in [9.17, 15) is 14.4 Å². The number of anilines is 1. The van der Waals surface area contributed by atoms with Crippen LogP contribution >= 0.6 is 11.6 Å². The Morgan fingerprint density at radius 2 is 1.88 bits per heavy atom. The third-order valence-corrected chi connectivity index (χ3v) is 9.24. The number of carbonyl (C=O) groups excluding carboxylic acids is 3. The van der Waals surface area contributed by atoms with Crippen molar-refractivity contribution in [1.82, 2.24) is 9.47 Å². The zero-order valence-electron chi connectivity index (χ0n) is 24.6. The number of aryl methyl sites for hydroxylation is 1. The number of alkyl halides is 1. The van der Waals surface area contributed by atoms with Gasteiger partial charge in [0.1, 0.15) is 12.4 Å². The van der Waals surface area contributed by atoms with Crippen molar-refractivity contribution in [3.63, 3.8) is 0 Å². The number of para-hydroxylation sites is 1. The van der Waals surface area contributed by atoms with Gasteiger partial charge in [0.2, 0.25) is 6.30 Å². The lowest BCUT2D eigenvalue weighted by molar-refractivity contribution is -0.881. The number of amides is 2. The molecule has 2 saturated heterocycles. The molecule has 2 unspecified atom stereocenters. The number of piperidine rings is 1. The van der Waals surface area contributed by atoms with Gasteiger partial charge in [0.15, 0.2) is 0 Å². The molecule has 8 nitrogen and oxygen atoms in total. The maximum atomic E-state index is 15.4. The number of likely N-dealkylation sites (tertiary alicyclic amines) is 2. The van der Waals surface area contributed by atoms with Gasteiger partial charge in [-0.25, -0.2) is 13.7 Å². The van der Waals surface area contributed by atoms with Crippen LogP contribution in [0.2, 0.25) is 5.02 Å². The van der Waals surface area contributed by atoms with Crippen LogP contribution in [0.25, 0.3) is 10.9 Å². The summed E-state index contributed by atoms with van der Waals surface area (Å²) in [5.41, 5.74) is 1.46. The van der Waals surface area contributed by atoms with Gasteiger partial charge in [-0.3, -0.25) is 14.5 Å². The molecule has 2 amide bonds. The highest BCUT2D eigenvalue weighted by atomic mass is 35.5. The Bertz CT molecular complexity index is 1520. The number of ether oxygens (including phenoxy) is 1. The van der Waals surface area contributed by atoms with Gasteiger partial charge in [0, 0.05) is 49.1 Å². The highest BCUT2D eigenvalue weighted by molar-refractivity contribution is 6.34. The summed E-state index contributed by atoms with van der Waals surface area (Å²) in [6, 6.07) is 9.91. The van der Waals surface area contributed by atoms with Crippen molar-refractivity contribution < 1.29 is 32.4 Å². The minimum absolute atomic E-state index is 0.0602. The minimum atomic E-state index is -1.36. The fourth-order valence-electron chi connectivity index (χ4n) is 6.41. The van der Waals surface area contributed by atoms with E-state index in [-0.39, 0.29) is 52.0 Å². The largest absolute Gasteiger partial charge is 0.466 e. The summed E-state index contributed by atoms with van der Waals surface area (Å²) < 4.78 is 37.3. The van der Waals surface area contributed by atoms with E-state index >= 15 is 8.78 Å². The number of aromatic nitrogens is 1. The van der Waals surface area contributed by atoms with Crippen LogP contribution in [-0.4, -0.2) is 77.4 Å². The summed E-state index contributed by atoms with van der Waals surface area (Å²) in [5, 5.41) is 3.53. The molecule has 2 aliphatic heterocycles. The summed E-state index contributed by atoms with van der Waals surface area (Å²) in [7, 11) is 1.84. The second-order valence-corrected chi connectivity index (χ2v) is 12.0. The Kier molecular flexibility index (Phi) is 9.48. The Labute approximate surface area is 255 Å². The van der Waals surface area contributed by atoms with Gasteiger partial charge in [-0.05, 0) is 51.1 Å². The van der Waals surface area contributed by atoms with Crippen molar-refractivity contribution in [1.29, 1.82) is 0 Å². The monoisotopic (exact) mass is 615 g/mol. The average molecular weight is 616 g/mol. The zero-order valence-corrected chi connectivity index (χ0v) is 25.3. The number of quaternary nitrogens is 1. The van der Waals surface area contributed by atoms with Gasteiger partial charge in [-0.2, -0.15) is 4.39 Å². The molecule has 0 radical (unpaired) electrons. The van der Waals surface area contributed by atoms with Crippen LogP contribution in [0.1, 0.15) is 48.5 Å². The van der Waals surface area contributed by atoms with E-state index in [4.69, 9.17) is 16.3 Å². The molecule has 2 atom stereocenters. The number of hydrogen-bond acceptors (Lipinski definition) is 5. The number of fused-ring (bicyclic) bond motifs is 1. The van der Waals surface area contributed by atoms with Crippen LogP contribution in [0, 0.1) is 11.7 Å². The standard InChI is InChI=1S/C32H37ClF2N4O4/c1-3-43-32(42)21-10-12-38(13-11-21)14-16-39(15-6-9-29(39)35)30(40)18-22-17-25(33)27(19-26(22)34)36-31(41)24-20-37(2)28-8-5-4-7-23(24)28/h4-5,7-8,17,19-21,29H,3,6,9-16,18H2,1-2H3/p+1. The first kappa shape index (κ1) is 31.1. The van der Waals surface area contributed by atoms with Crippen LogP contribution in [0.5, 0.6) is 0 Å². The molecule has 1 aromatic heterocycles. The Balaban J connectivity index is 1.25. The van der Waals surface area contributed by atoms with Crippen molar-refractivity contribution in [2.75, 3.05) is 44.6 Å². The molecule has 1 N–H and O–H groups in total. The highest BCUT2D eigenvalue weighted by Gasteiger charge is 2.48. The molecule has 2 fully saturated rings. The number of nitrogens with zero attached hydrogens (tertiary/aromatic N) is 3. The molecule has 3 aromatic rings. The van der Waals surface area contributed by atoms with Gasteiger partial charge in [0.05, 0.1) is 41.8 Å². The summed E-state index contributed by atoms with van der Waals surface area (Å²) >= 11 is 6.46. The number of rotatable bonds is 9. The molecule has 0 saturated carbocycles. The first-order chi connectivity index (χ1) is 20.6. The quantitative estimate of drug-likeness (QED) is 0.196. The number of halogens is 3. The predicted molar refractivity (Wildman–Crippen MR) is 161 cm³/mol. The zero-order chi connectivity index (χ0) is 30.7. The lowest BCUT2D eigenvalue weighted by Crippen LogP contribution is -2.58. The van der Waals surface area contributed by atoms with Crippen molar-refractivity contribution in [3.05, 3.63) is 64.6 Å². The third-order valence-electron chi connectivity index (χ3n) is 8.92. The second-order valence-electron chi connectivity index (χ2n) is 11.5. The molecular weight excluding hydrogens is 578 g/mol. The number of carbonyl (C=O) groups is 3. The van der Waals surface area contributed by atoms with Crippen molar-refractivity contribution >= 4 is 46.0 Å². The molecule has 0 aliphatic carbocycles. The molecule has 5 rings (SSSR count). The van der Waals surface area contributed by atoms with Crippen LogP contribution in [-0.2, 0) is 27.8 Å². The van der Waals surface area contributed by atoms with E-state index in [0.29, 0.717) is 57.6 Å². The number of nitrogens with one attached hydrogen (secondary N) is 1. The average Bonchev–Trinajstić information content (AvgIpc) is 3.54. The Morgan fingerprint density at radius 1 is 1.14 bits per heavy atom. The second kappa shape index (κ2) is 13.1. The number of benzene rings is 2. The van der Waals surface area contributed by atoms with Crippen molar-refractivity contribution in [3.8, 4) is 0 Å². The topological polar surface area (TPSA) is 80.6 Å². The van der Waals surface area contributed by atoms with E-state index in [2.05, 4.69) is 10.2 Å². The Hall–Kier alpha value is -3.34. The summed E-state index contributed by atoms with van der Waals surface area (Å²) in [5.74, 6) is -1.83. The van der Waals surface area contributed by atoms with E-state index in [1.807, 2.05) is 35.9 Å². The highest BCUT2D eigenvalue weighted by Crippen LogP contribution is 2.33. The number of esters is 1. The van der Waals surface area contributed by atoms with E-state index < -0.39 is 23.9 Å². The lowest BCUT2D eigenvalue weighted by Gasteiger charge is -2.37. The molecule has 230 valence electrons. The van der Waals surface area contributed by atoms with Gasteiger partial charge in [0.25, 0.3) is 5.91 Å². The molecule has 11 heteroatoms. The maximum Gasteiger partial charge on any atom is 0.320 e. The maximum absolute atomic E-state index is 15.4. The Morgan fingerprint density at radius 3 is 2.58 bits per heavy atom. The van der Waals surface area contributed by atoms with Crippen LogP contribution in [0.15, 0.2) is 42.6 Å². The van der Waals surface area contributed by atoms with Crippen LogP contribution < -0.4 is 5.32 Å². The van der Waals surface area contributed by atoms with E-state index in [1.54, 1.807) is 13.1 Å². The normalized spacial score (nSPS) is 21.3. The number of hydrogen-bond donors (Lipinski definition) is 1. The van der Waals surface area contributed by atoms with Crippen molar-refractivity contribution in [2.45, 2.75) is 45.3 Å².